The number of anilines is 1. The lowest BCUT2D eigenvalue weighted by molar-refractivity contribution is -0.192. The van der Waals surface area contributed by atoms with E-state index in [0.29, 0.717) is 11.2 Å². The van der Waals surface area contributed by atoms with Crippen LogP contribution in [0.15, 0.2) is 6.20 Å². The molecule has 1 saturated heterocycles. The third kappa shape index (κ3) is 6.64. The first-order valence-electron chi connectivity index (χ1n) is 11.9. The Morgan fingerprint density at radius 1 is 1.18 bits per heavy atom. The number of hydrogen-bond acceptors (Lipinski definition) is 11. The summed E-state index contributed by atoms with van der Waals surface area (Å²) >= 11 is 6.11. The van der Waals surface area contributed by atoms with Gasteiger partial charge in [-0.1, -0.05) is 12.8 Å². The van der Waals surface area contributed by atoms with Gasteiger partial charge in [0.15, 0.2) is 11.9 Å². The average Bonchev–Trinajstić information content (AvgIpc) is 3.56. The molecule has 6 N–H and O–H groups in total. The van der Waals surface area contributed by atoms with Crippen LogP contribution in [0.4, 0.5) is 19.0 Å². The van der Waals surface area contributed by atoms with E-state index in [9.17, 15) is 42.8 Å². The number of fused-ring (bicyclic) bond motifs is 1. The molecule has 220 valence electrons. The molecule has 1 saturated carbocycles. The first kappa shape index (κ1) is 30.3. The molecule has 1 aliphatic heterocycles. The smallest absolute Gasteiger partial charge is 0.393 e. The number of aliphatic hydroxyl groups excluding tert-OH is 3. The predicted molar refractivity (Wildman–Crippen MR) is 127 cm³/mol. The van der Waals surface area contributed by atoms with Crippen LogP contribution in [0.25, 0.3) is 11.0 Å². The maximum atomic E-state index is 12.5. The molecule has 0 bridgehead atoms. The minimum Gasteiger partial charge on any atom is -0.393 e. The van der Waals surface area contributed by atoms with E-state index in [1.807, 2.05) is 0 Å². The highest BCUT2D eigenvalue weighted by Gasteiger charge is 2.52. The zero-order valence-corrected chi connectivity index (χ0v) is 21.9. The maximum Gasteiger partial charge on any atom is 0.411 e. The zero-order valence-electron chi connectivity index (χ0n) is 20.2. The number of nitrogens with zero attached hydrogens (tertiary/aromatic N) is 4. The number of alkyl halides is 3. The lowest BCUT2D eigenvalue weighted by Crippen LogP contribution is -2.45. The van der Waals surface area contributed by atoms with Crippen molar-refractivity contribution >= 4 is 36.0 Å². The number of aromatic nitrogens is 4. The van der Waals surface area contributed by atoms with Crippen LogP contribution >= 0.6 is 19.2 Å². The molecule has 0 amide bonds. The van der Waals surface area contributed by atoms with Crippen LogP contribution in [0, 0.1) is 0 Å². The number of halogens is 4. The average molecular weight is 606 g/mol. The maximum absolute atomic E-state index is 12.5. The number of aliphatic hydroxyl groups is 3. The van der Waals surface area contributed by atoms with E-state index in [0.717, 1.165) is 30.4 Å². The highest BCUT2D eigenvalue weighted by Crippen LogP contribution is 2.51. The second-order valence-electron chi connectivity index (χ2n) is 9.41. The predicted octanol–water partition coefficient (Wildman–Crippen LogP) is 0.915. The monoisotopic (exact) mass is 605 g/mol. The van der Waals surface area contributed by atoms with Crippen molar-refractivity contribution in [3.05, 3.63) is 11.5 Å². The Bertz CT molecular complexity index is 1200. The summed E-state index contributed by atoms with van der Waals surface area (Å²) in [6.07, 6.45) is -5.50. The summed E-state index contributed by atoms with van der Waals surface area (Å²) in [5.74, 6) is 0.421. The van der Waals surface area contributed by atoms with Gasteiger partial charge < -0.3 is 44.6 Å². The van der Waals surface area contributed by atoms with E-state index in [1.54, 1.807) is 0 Å². The van der Waals surface area contributed by atoms with Gasteiger partial charge in [-0.3, -0.25) is 4.57 Å². The van der Waals surface area contributed by atoms with Crippen LogP contribution in [0.3, 0.4) is 0 Å². The summed E-state index contributed by atoms with van der Waals surface area (Å²) in [6.45, 7) is -5.44. The van der Waals surface area contributed by atoms with E-state index in [2.05, 4.69) is 25.1 Å². The van der Waals surface area contributed by atoms with Gasteiger partial charge >= 0.3 is 13.8 Å². The van der Waals surface area contributed by atoms with Gasteiger partial charge in [-0.2, -0.15) is 28.2 Å². The lowest BCUT2D eigenvalue weighted by atomic mass is 10.1. The van der Waals surface area contributed by atoms with Gasteiger partial charge in [-0.05, 0) is 24.4 Å². The summed E-state index contributed by atoms with van der Waals surface area (Å²) in [5, 5.41) is 35.8. The van der Waals surface area contributed by atoms with Gasteiger partial charge in [0, 0.05) is 6.04 Å². The molecule has 2 aromatic heterocycles. The molecule has 2 aromatic rings. The first-order valence-corrected chi connectivity index (χ1v) is 13.9. The molecule has 0 spiro atoms. The molecule has 39 heavy (non-hydrogen) atoms. The van der Waals surface area contributed by atoms with Crippen LogP contribution in [0.2, 0.25) is 5.28 Å². The molecule has 0 aromatic carbocycles. The topological polar surface area (TPSA) is 202 Å². The highest BCUT2D eigenvalue weighted by molar-refractivity contribution is 7.53. The van der Waals surface area contributed by atoms with Crippen molar-refractivity contribution in [1.82, 2.24) is 19.7 Å². The fourth-order valence-corrected chi connectivity index (χ4v) is 5.34. The van der Waals surface area contributed by atoms with Crippen molar-refractivity contribution in [1.29, 1.82) is 0 Å². The standard InChI is InChI=1S/C20H28ClF3N5O9P/c21-18-27-15(26-10-3-1-2-4-10)11-5-25-29(16(11)28-18)17-14(32)13(31)12(38-17)6-37-19(7-30,39(33,34)35)8-36-9-20(22,23)24/h5,10,12-14,17,30-32H,1-4,6-9H2,(H,26,27,28)(H2,33,34,35)/t12-,13-,14-,17-,19?/m1/s1. The van der Waals surface area contributed by atoms with E-state index in [4.69, 9.17) is 21.1 Å². The van der Waals surface area contributed by atoms with E-state index >= 15 is 0 Å². The van der Waals surface area contributed by atoms with E-state index in [-0.39, 0.29) is 17.0 Å². The molecule has 3 heterocycles. The van der Waals surface area contributed by atoms with Gasteiger partial charge in [-0.25, -0.2) is 4.68 Å². The van der Waals surface area contributed by atoms with Gasteiger partial charge in [0.1, 0.15) is 30.7 Å². The van der Waals surface area contributed by atoms with Gasteiger partial charge in [-0.15, -0.1) is 0 Å². The zero-order chi connectivity index (χ0) is 28.6. The molecule has 14 nitrogen and oxygen atoms in total. The minimum absolute atomic E-state index is 0.120. The fraction of sp³-hybridized carbons (Fsp3) is 0.750. The van der Waals surface area contributed by atoms with Crippen LogP contribution in [-0.4, -0.2) is 107 Å². The third-order valence-corrected chi connectivity index (χ3v) is 8.22. The quantitative estimate of drug-likeness (QED) is 0.156. The van der Waals surface area contributed by atoms with Crippen LogP contribution < -0.4 is 5.32 Å². The van der Waals surface area contributed by atoms with Crippen LogP contribution in [-0.2, 0) is 18.8 Å². The van der Waals surface area contributed by atoms with Crippen molar-refractivity contribution in [3.8, 4) is 0 Å². The Morgan fingerprint density at radius 3 is 2.49 bits per heavy atom. The van der Waals surface area contributed by atoms with Gasteiger partial charge in [0.2, 0.25) is 10.6 Å². The Labute approximate surface area is 224 Å². The fourth-order valence-electron chi connectivity index (χ4n) is 4.48. The third-order valence-electron chi connectivity index (χ3n) is 6.59. The second-order valence-corrected chi connectivity index (χ2v) is 11.6. The molecule has 2 fully saturated rings. The summed E-state index contributed by atoms with van der Waals surface area (Å²) in [7, 11) is -5.42. The Balaban J connectivity index is 1.51. The molecular formula is C20H28ClF3N5O9P. The van der Waals surface area contributed by atoms with Crippen molar-refractivity contribution in [2.45, 2.75) is 67.8 Å². The number of nitrogens with one attached hydrogen (secondary N) is 1. The number of ether oxygens (including phenoxy) is 3. The van der Waals surface area contributed by atoms with Gasteiger partial charge in [0.25, 0.3) is 0 Å². The van der Waals surface area contributed by atoms with Crippen LogP contribution in [0.5, 0.6) is 0 Å². The molecule has 5 atom stereocenters. The summed E-state index contributed by atoms with van der Waals surface area (Å²) in [4.78, 5) is 27.7. The Morgan fingerprint density at radius 2 is 1.87 bits per heavy atom. The number of hydrogen-bond donors (Lipinski definition) is 6. The molecule has 2 aliphatic rings. The molecule has 0 radical (unpaired) electrons. The van der Waals surface area contributed by atoms with Crippen molar-refractivity contribution < 1.29 is 57.1 Å². The summed E-state index contributed by atoms with van der Waals surface area (Å²) in [6, 6.07) is 0.181. The lowest BCUT2D eigenvalue weighted by Gasteiger charge is -2.33. The van der Waals surface area contributed by atoms with Crippen molar-refractivity contribution in [2.24, 2.45) is 0 Å². The number of rotatable bonds is 11. The SMILES string of the molecule is O=P(O)(O)C(CO)(COCC(F)(F)F)OC[C@H]1O[C@@H](n2ncc3c(NC4CCCC4)nc(Cl)nc32)[C@H](O)[C@@H]1O. The van der Waals surface area contributed by atoms with E-state index < -0.39 is 70.1 Å². The largest absolute Gasteiger partial charge is 0.411 e. The first-order chi connectivity index (χ1) is 18.2. The van der Waals surface area contributed by atoms with Crippen molar-refractivity contribution in [2.75, 3.05) is 31.7 Å². The normalized spacial score (nSPS) is 26.4. The van der Waals surface area contributed by atoms with Gasteiger partial charge in [0.05, 0.1) is 31.4 Å². The van der Waals surface area contributed by atoms with Crippen LogP contribution in [0.1, 0.15) is 31.9 Å². The molecule has 4 rings (SSSR count). The Hall–Kier alpha value is -1.66. The molecular weight excluding hydrogens is 578 g/mol. The molecule has 1 aliphatic carbocycles. The van der Waals surface area contributed by atoms with Crippen molar-refractivity contribution in [3.63, 3.8) is 0 Å². The molecule has 19 heteroatoms. The summed E-state index contributed by atoms with van der Waals surface area (Å²) < 4.78 is 65.7. The summed E-state index contributed by atoms with van der Waals surface area (Å²) in [5.41, 5.74) is 0.161. The highest BCUT2D eigenvalue weighted by atomic mass is 35.5. The second kappa shape index (κ2) is 11.7. The minimum atomic E-state index is -5.42. The Kier molecular flexibility index (Phi) is 9.07. The molecule has 1 unspecified atom stereocenters. The van der Waals surface area contributed by atoms with E-state index in [1.165, 1.54) is 6.20 Å².